The monoisotopic (exact) mass is 241 g/mol. The fourth-order valence-electron chi connectivity index (χ4n) is 0.922. The maximum atomic E-state index is 12.2. The van der Waals surface area contributed by atoms with Crippen molar-refractivity contribution in [3.8, 4) is 0 Å². The summed E-state index contributed by atoms with van der Waals surface area (Å²) < 4.78 is 36.7. The average molecular weight is 242 g/mol. The Balaban J connectivity index is 3.06. The SMILES string of the molecule is FC(F)(F)c1ccc(Cl)c(NCS)c1. The molecule has 1 aromatic carbocycles. The summed E-state index contributed by atoms with van der Waals surface area (Å²) >= 11 is 9.50. The number of hydrogen-bond donors (Lipinski definition) is 2. The van der Waals surface area contributed by atoms with Crippen LogP contribution in [0.4, 0.5) is 18.9 Å². The molecule has 0 aliphatic rings. The average Bonchev–Trinajstić information content (AvgIpc) is 2.07. The van der Waals surface area contributed by atoms with E-state index in [4.69, 9.17) is 11.6 Å². The van der Waals surface area contributed by atoms with Gasteiger partial charge < -0.3 is 5.32 Å². The Hall–Kier alpha value is -0.550. The molecule has 0 bridgehead atoms. The molecule has 0 unspecified atom stereocenters. The van der Waals surface area contributed by atoms with E-state index in [9.17, 15) is 13.2 Å². The van der Waals surface area contributed by atoms with Crippen molar-refractivity contribution >= 4 is 29.9 Å². The van der Waals surface area contributed by atoms with Crippen LogP contribution in [0.5, 0.6) is 0 Å². The quantitative estimate of drug-likeness (QED) is 0.595. The van der Waals surface area contributed by atoms with Crippen molar-refractivity contribution in [1.82, 2.24) is 0 Å². The van der Waals surface area contributed by atoms with Crippen molar-refractivity contribution in [3.05, 3.63) is 28.8 Å². The summed E-state index contributed by atoms with van der Waals surface area (Å²) in [5.74, 6) is 0.223. The molecule has 0 atom stereocenters. The number of alkyl halides is 3. The Morgan fingerprint density at radius 1 is 1.36 bits per heavy atom. The summed E-state index contributed by atoms with van der Waals surface area (Å²) in [6, 6.07) is 3.10. The van der Waals surface area contributed by atoms with Gasteiger partial charge in [0, 0.05) is 0 Å². The molecule has 78 valence electrons. The van der Waals surface area contributed by atoms with Gasteiger partial charge in [-0.2, -0.15) is 25.8 Å². The minimum absolute atomic E-state index is 0.223. The molecule has 0 aliphatic heterocycles. The Labute approximate surface area is 89.7 Å². The normalized spacial score (nSPS) is 11.5. The molecule has 0 saturated carbocycles. The van der Waals surface area contributed by atoms with Crippen LogP contribution in [0.1, 0.15) is 5.56 Å². The summed E-state index contributed by atoms with van der Waals surface area (Å²) in [7, 11) is 0. The van der Waals surface area contributed by atoms with Gasteiger partial charge >= 0.3 is 6.18 Å². The third-order valence-electron chi connectivity index (χ3n) is 1.56. The first-order valence-corrected chi connectivity index (χ1v) is 4.67. The van der Waals surface area contributed by atoms with E-state index < -0.39 is 11.7 Å². The van der Waals surface area contributed by atoms with Crippen molar-refractivity contribution in [2.45, 2.75) is 6.18 Å². The fourth-order valence-corrected chi connectivity index (χ4v) is 1.28. The van der Waals surface area contributed by atoms with Crippen LogP contribution in [0, 0.1) is 0 Å². The smallest absolute Gasteiger partial charge is 0.375 e. The largest absolute Gasteiger partial charge is 0.416 e. The predicted molar refractivity (Wildman–Crippen MR) is 53.9 cm³/mol. The number of rotatable bonds is 2. The molecular weight excluding hydrogens is 235 g/mol. The van der Waals surface area contributed by atoms with Gasteiger partial charge in [-0.1, -0.05) is 11.6 Å². The molecular formula is C8H7ClF3NS. The number of halogens is 4. The zero-order valence-corrected chi connectivity index (χ0v) is 8.55. The molecule has 1 N–H and O–H groups in total. The van der Waals surface area contributed by atoms with Gasteiger partial charge in [0.15, 0.2) is 0 Å². The summed E-state index contributed by atoms with van der Waals surface area (Å²) in [5, 5.41) is 2.86. The van der Waals surface area contributed by atoms with Crippen molar-refractivity contribution in [2.75, 3.05) is 11.2 Å². The molecule has 0 spiro atoms. The lowest BCUT2D eigenvalue weighted by atomic mass is 10.2. The molecule has 0 amide bonds. The number of anilines is 1. The predicted octanol–water partition coefficient (Wildman–Crippen LogP) is 3.66. The van der Waals surface area contributed by atoms with Gasteiger partial charge in [-0.05, 0) is 18.2 Å². The molecule has 0 saturated heterocycles. The molecule has 0 aliphatic carbocycles. The molecule has 1 rings (SSSR count). The minimum Gasteiger partial charge on any atom is -0.375 e. The zero-order chi connectivity index (χ0) is 10.8. The Bertz CT molecular complexity index is 327. The summed E-state index contributed by atoms with van der Waals surface area (Å²) in [6.45, 7) is 0. The van der Waals surface area contributed by atoms with Crippen molar-refractivity contribution < 1.29 is 13.2 Å². The summed E-state index contributed by atoms with van der Waals surface area (Å²) in [6.07, 6.45) is -4.35. The van der Waals surface area contributed by atoms with Crippen molar-refractivity contribution in [1.29, 1.82) is 0 Å². The van der Waals surface area contributed by atoms with Crippen LogP contribution in [0.2, 0.25) is 5.02 Å². The lowest BCUT2D eigenvalue weighted by Crippen LogP contribution is -2.06. The van der Waals surface area contributed by atoms with E-state index in [0.29, 0.717) is 0 Å². The Morgan fingerprint density at radius 2 is 2.00 bits per heavy atom. The maximum Gasteiger partial charge on any atom is 0.416 e. The van der Waals surface area contributed by atoms with Gasteiger partial charge in [0.25, 0.3) is 0 Å². The second-order valence-corrected chi connectivity index (χ2v) is 3.25. The first kappa shape index (κ1) is 11.5. The van der Waals surface area contributed by atoms with E-state index in [1.807, 2.05) is 0 Å². The van der Waals surface area contributed by atoms with Crippen LogP contribution in [0.25, 0.3) is 0 Å². The van der Waals surface area contributed by atoms with E-state index in [1.165, 1.54) is 6.07 Å². The lowest BCUT2D eigenvalue weighted by molar-refractivity contribution is -0.137. The van der Waals surface area contributed by atoms with Gasteiger partial charge in [-0.15, -0.1) is 0 Å². The van der Waals surface area contributed by atoms with E-state index in [2.05, 4.69) is 17.9 Å². The number of hydrogen-bond acceptors (Lipinski definition) is 2. The number of thiol groups is 1. The molecule has 6 heteroatoms. The third kappa shape index (κ3) is 2.72. The standard InChI is InChI=1S/C8H7ClF3NS/c9-6-2-1-5(8(10,11)12)3-7(6)13-4-14/h1-3,13-14H,4H2. The number of nitrogens with one attached hydrogen (secondary N) is 1. The molecule has 0 fully saturated rings. The molecule has 14 heavy (non-hydrogen) atoms. The molecule has 1 aromatic rings. The van der Waals surface area contributed by atoms with E-state index in [0.717, 1.165) is 12.1 Å². The van der Waals surface area contributed by atoms with Crippen LogP contribution in [-0.4, -0.2) is 5.88 Å². The fraction of sp³-hybridized carbons (Fsp3) is 0.250. The van der Waals surface area contributed by atoms with Gasteiger partial charge in [0.05, 0.1) is 22.2 Å². The highest BCUT2D eigenvalue weighted by Crippen LogP contribution is 2.33. The van der Waals surface area contributed by atoms with Crippen LogP contribution in [-0.2, 0) is 6.18 Å². The Morgan fingerprint density at radius 3 is 2.50 bits per heavy atom. The van der Waals surface area contributed by atoms with E-state index in [-0.39, 0.29) is 16.6 Å². The van der Waals surface area contributed by atoms with Crippen molar-refractivity contribution in [3.63, 3.8) is 0 Å². The van der Waals surface area contributed by atoms with Crippen LogP contribution >= 0.6 is 24.2 Å². The first-order chi connectivity index (χ1) is 6.45. The zero-order valence-electron chi connectivity index (χ0n) is 6.90. The number of benzene rings is 1. The topological polar surface area (TPSA) is 12.0 Å². The Kier molecular flexibility index (Phi) is 3.55. The summed E-state index contributed by atoms with van der Waals surface area (Å²) in [5.41, 5.74) is -0.498. The molecule has 1 nitrogen and oxygen atoms in total. The third-order valence-corrected chi connectivity index (χ3v) is 2.05. The van der Waals surface area contributed by atoms with E-state index >= 15 is 0 Å². The minimum atomic E-state index is -4.35. The lowest BCUT2D eigenvalue weighted by Gasteiger charge is -2.10. The highest BCUT2D eigenvalue weighted by molar-refractivity contribution is 7.80. The second-order valence-electron chi connectivity index (χ2n) is 2.53. The second kappa shape index (κ2) is 4.31. The van der Waals surface area contributed by atoms with Gasteiger partial charge in [-0.3, -0.25) is 0 Å². The molecule has 0 radical (unpaired) electrons. The highest BCUT2D eigenvalue weighted by atomic mass is 35.5. The summed E-state index contributed by atoms with van der Waals surface area (Å²) in [4.78, 5) is 0. The van der Waals surface area contributed by atoms with Gasteiger partial charge in [-0.25, -0.2) is 0 Å². The van der Waals surface area contributed by atoms with Gasteiger partial charge in [0.1, 0.15) is 0 Å². The van der Waals surface area contributed by atoms with Crippen LogP contribution in [0.15, 0.2) is 18.2 Å². The van der Waals surface area contributed by atoms with Crippen LogP contribution in [0.3, 0.4) is 0 Å². The first-order valence-electron chi connectivity index (χ1n) is 3.66. The van der Waals surface area contributed by atoms with E-state index in [1.54, 1.807) is 0 Å². The molecule has 0 heterocycles. The molecule has 0 aromatic heterocycles. The highest BCUT2D eigenvalue weighted by Gasteiger charge is 2.30. The van der Waals surface area contributed by atoms with Crippen molar-refractivity contribution in [2.24, 2.45) is 0 Å². The maximum absolute atomic E-state index is 12.2. The van der Waals surface area contributed by atoms with Crippen LogP contribution < -0.4 is 5.32 Å². The van der Waals surface area contributed by atoms with Gasteiger partial charge in [0.2, 0.25) is 0 Å².